The van der Waals surface area contributed by atoms with E-state index >= 15 is 0 Å². The number of pyridine rings is 1. The Labute approximate surface area is 132 Å². The number of aromatic nitrogens is 1. The number of anilines is 1. The first-order valence-electron chi connectivity index (χ1n) is 8.12. The Hall–Kier alpha value is -1.21. The second kappa shape index (κ2) is 8.43. The maximum absolute atomic E-state index is 5.42. The number of rotatable bonds is 6. The lowest BCUT2D eigenvalue weighted by molar-refractivity contribution is 0.0384. The standard InChI is InChI=1S/C16H25N4O2/c1-2-15(14-17-4-5-19-6-10-21-11-7-19)16(18-3-1)20-8-12-22-13-9-20/h1,3,17H,4-14H2. The molecule has 0 amide bonds. The monoisotopic (exact) mass is 305 g/mol. The molecule has 1 aromatic heterocycles. The molecule has 0 atom stereocenters. The Kier molecular flexibility index (Phi) is 6.01. The van der Waals surface area contributed by atoms with Gasteiger partial charge in [-0.05, 0) is 12.1 Å². The van der Waals surface area contributed by atoms with E-state index in [4.69, 9.17) is 9.47 Å². The predicted octanol–water partition coefficient (Wildman–Crippen LogP) is 0.140. The van der Waals surface area contributed by atoms with Gasteiger partial charge in [0.05, 0.1) is 26.4 Å². The molecule has 0 bridgehead atoms. The van der Waals surface area contributed by atoms with Crippen molar-refractivity contribution in [1.29, 1.82) is 0 Å². The minimum Gasteiger partial charge on any atom is -0.379 e. The molecule has 0 unspecified atom stereocenters. The molecule has 1 N–H and O–H groups in total. The van der Waals surface area contributed by atoms with Gasteiger partial charge in [-0.3, -0.25) is 4.90 Å². The van der Waals surface area contributed by atoms with Gasteiger partial charge < -0.3 is 19.7 Å². The van der Waals surface area contributed by atoms with E-state index in [0.29, 0.717) is 0 Å². The predicted molar refractivity (Wildman–Crippen MR) is 85.1 cm³/mol. The summed E-state index contributed by atoms with van der Waals surface area (Å²) in [6, 6.07) is 5.22. The zero-order valence-electron chi connectivity index (χ0n) is 13.1. The van der Waals surface area contributed by atoms with Crippen molar-refractivity contribution >= 4 is 5.82 Å². The second-order valence-electron chi connectivity index (χ2n) is 5.62. The van der Waals surface area contributed by atoms with Gasteiger partial charge >= 0.3 is 0 Å². The van der Waals surface area contributed by atoms with Gasteiger partial charge in [0.2, 0.25) is 0 Å². The second-order valence-corrected chi connectivity index (χ2v) is 5.62. The average Bonchev–Trinajstić information content (AvgIpc) is 2.61. The van der Waals surface area contributed by atoms with Gasteiger partial charge in [0.15, 0.2) is 0 Å². The maximum atomic E-state index is 5.42. The molecule has 0 aromatic carbocycles. The molecular formula is C16H25N4O2. The lowest BCUT2D eigenvalue weighted by Crippen LogP contribution is -2.40. The highest BCUT2D eigenvalue weighted by molar-refractivity contribution is 5.46. The fraction of sp³-hybridized carbons (Fsp3) is 0.688. The molecule has 3 rings (SSSR count). The summed E-state index contributed by atoms with van der Waals surface area (Å²) < 4.78 is 10.8. The van der Waals surface area contributed by atoms with Gasteiger partial charge in [-0.25, -0.2) is 4.98 Å². The molecule has 2 fully saturated rings. The fourth-order valence-electron chi connectivity index (χ4n) is 2.84. The topological polar surface area (TPSA) is 49.9 Å². The number of nitrogens with one attached hydrogen (secondary N) is 1. The van der Waals surface area contributed by atoms with Crippen LogP contribution in [0.25, 0.3) is 0 Å². The van der Waals surface area contributed by atoms with E-state index in [1.54, 1.807) is 0 Å². The molecule has 0 spiro atoms. The highest BCUT2D eigenvalue weighted by Gasteiger charge is 2.16. The lowest BCUT2D eigenvalue weighted by Gasteiger charge is -2.29. The lowest BCUT2D eigenvalue weighted by atomic mass is 10.2. The molecule has 2 saturated heterocycles. The van der Waals surface area contributed by atoms with E-state index in [0.717, 1.165) is 83.6 Å². The van der Waals surface area contributed by atoms with Crippen LogP contribution in [0.1, 0.15) is 5.56 Å². The highest BCUT2D eigenvalue weighted by atomic mass is 16.5. The van der Waals surface area contributed by atoms with Crippen LogP contribution in [0.2, 0.25) is 0 Å². The van der Waals surface area contributed by atoms with Crippen LogP contribution >= 0.6 is 0 Å². The summed E-state index contributed by atoms with van der Waals surface area (Å²) in [6.45, 7) is 10.0. The van der Waals surface area contributed by atoms with Crippen LogP contribution in [-0.2, 0) is 16.0 Å². The van der Waals surface area contributed by atoms with Crippen molar-refractivity contribution < 1.29 is 9.47 Å². The number of hydrogen-bond acceptors (Lipinski definition) is 6. The van der Waals surface area contributed by atoms with Crippen molar-refractivity contribution in [1.82, 2.24) is 15.2 Å². The molecule has 1 radical (unpaired) electrons. The van der Waals surface area contributed by atoms with E-state index in [2.05, 4.69) is 26.2 Å². The van der Waals surface area contributed by atoms with Gasteiger partial charge in [-0.1, -0.05) is 0 Å². The van der Waals surface area contributed by atoms with Crippen molar-refractivity contribution in [3.8, 4) is 0 Å². The summed E-state index contributed by atoms with van der Waals surface area (Å²) in [5.74, 6) is 1.05. The molecule has 2 aliphatic rings. The van der Waals surface area contributed by atoms with E-state index < -0.39 is 0 Å². The Bertz CT molecular complexity index is 446. The van der Waals surface area contributed by atoms with Crippen LogP contribution in [0.5, 0.6) is 0 Å². The Morgan fingerprint density at radius 3 is 2.59 bits per heavy atom. The first kappa shape index (κ1) is 15.7. The van der Waals surface area contributed by atoms with E-state index in [1.807, 2.05) is 12.3 Å². The fourth-order valence-corrected chi connectivity index (χ4v) is 2.84. The van der Waals surface area contributed by atoms with Gasteiger partial charge in [0.25, 0.3) is 0 Å². The third kappa shape index (κ3) is 4.39. The Balaban J connectivity index is 1.47. The van der Waals surface area contributed by atoms with Gasteiger partial charge in [0.1, 0.15) is 5.82 Å². The van der Waals surface area contributed by atoms with Gasteiger partial charge in [-0.2, -0.15) is 0 Å². The number of nitrogens with zero attached hydrogens (tertiary/aromatic N) is 3. The van der Waals surface area contributed by atoms with Crippen LogP contribution in [0.15, 0.2) is 12.3 Å². The summed E-state index contributed by atoms with van der Waals surface area (Å²) in [5, 5.41) is 3.52. The number of morpholine rings is 2. The van der Waals surface area contributed by atoms with Crippen molar-refractivity contribution in [2.75, 3.05) is 70.6 Å². The van der Waals surface area contributed by atoms with Crippen molar-refractivity contribution in [3.63, 3.8) is 0 Å². The Morgan fingerprint density at radius 1 is 1.09 bits per heavy atom. The average molecular weight is 305 g/mol. The van der Waals surface area contributed by atoms with E-state index in [9.17, 15) is 0 Å². The maximum Gasteiger partial charge on any atom is 0.133 e. The third-order valence-electron chi connectivity index (χ3n) is 4.12. The van der Waals surface area contributed by atoms with Crippen LogP contribution in [0, 0.1) is 6.07 Å². The molecule has 2 aliphatic heterocycles. The van der Waals surface area contributed by atoms with Crippen LogP contribution in [0.3, 0.4) is 0 Å². The van der Waals surface area contributed by atoms with Crippen molar-refractivity contribution in [2.24, 2.45) is 0 Å². The van der Waals surface area contributed by atoms with Crippen molar-refractivity contribution in [3.05, 3.63) is 23.9 Å². The molecule has 6 heteroatoms. The minimum atomic E-state index is 0.778. The summed E-state index contributed by atoms with van der Waals surface area (Å²) in [6.07, 6.45) is 1.82. The minimum absolute atomic E-state index is 0.778. The van der Waals surface area contributed by atoms with Crippen LogP contribution < -0.4 is 10.2 Å². The first-order chi connectivity index (χ1) is 10.9. The number of ether oxygens (including phenoxy) is 2. The Morgan fingerprint density at radius 2 is 1.82 bits per heavy atom. The molecule has 3 heterocycles. The molecule has 6 nitrogen and oxygen atoms in total. The smallest absolute Gasteiger partial charge is 0.133 e. The van der Waals surface area contributed by atoms with Gasteiger partial charge in [0, 0.05) is 57.6 Å². The molecule has 22 heavy (non-hydrogen) atoms. The molecule has 0 saturated carbocycles. The van der Waals surface area contributed by atoms with E-state index in [1.165, 1.54) is 0 Å². The zero-order chi connectivity index (χ0) is 15.0. The summed E-state index contributed by atoms with van der Waals surface area (Å²) in [5.41, 5.74) is 1.14. The SMILES string of the molecule is [c]1ccnc(N2CCOCC2)c1CNCCN1CCOCC1. The highest BCUT2D eigenvalue weighted by Crippen LogP contribution is 2.17. The summed E-state index contributed by atoms with van der Waals surface area (Å²) >= 11 is 0. The quantitative estimate of drug-likeness (QED) is 0.755. The van der Waals surface area contributed by atoms with Gasteiger partial charge in [-0.15, -0.1) is 0 Å². The van der Waals surface area contributed by atoms with E-state index in [-0.39, 0.29) is 0 Å². The van der Waals surface area contributed by atoms with Crippen LogP contribution in [-0.4, -0.2) is 75.6 Å². The zero-order valence-corrected chi connectivity index (χ0v) is 13.1. The number of hydrogen-bond donors (Lipinski definition) is 1. The summed E-state index contributed by atoms with van der Waals surface area (Å²) in [7, 11) is 0. The van der Waals surface area contributed by atoms with Crippen molar-refractivity contribution in [2.45, 2.75) is 6.54 Å². The summed E-state index contributed by atoms with van der Waals surface area (Å²) in [4.78, 5) is 9.27. The molecule has 1 aromatic rings. The third-order valence-corrected chi connectivity index (χ3v) is 4.12. The van der Waals surface area contributed by atoms with Crippen LogP contribution in [0.4, 0.5) is 5.82 Å². The normalized spacial score (nSPS) is 20.3. The molecule has 0 aliphatic carbocycles. The largest absolute Gasteiger partial charge is 0.379 e. The molecular weight excluding hydrogens is 280 g/mol. The molecule has 121 valence electrons. The first-order valence-corrected chi connectivity index (χ1v) is 8.12.